The van der Waals surface area contributed by atoms with Gasteiger partial charge in [0, 0.05) is 41.0 Å². The number of nitrogens with zero attached hydrogens (tertiary/aromatic N) is 1. The minimum Gasteiger partial charge on any atom is -0.493 e. The van der Waals surface area contributed by atoms with Crippen LogP contribution in [-0.2, 0) is 28.6 Å². The van der Waals surface area contributed by atoms with E-state index in [0.29, 0.717) is 29.2 Å². The Bertz CT molecular complexity index is 2120. The Morgan fingerprint density at radius 2 is 1.47 bits per heavy atom. The number of hydrogen-bond acceptors (Lipinski definition) is 4. The summed E-state index contributed by atoms with van der Waals surface area (Å²) >= 11 is 6.58. The fourth-order valence-corrected chi connectivity index (χ4v) is 7.47. The molecule has 10 heteroatoms. The van der Waals surface area contributed by atoms with Crippen LogP contribution in [0.5, 0.6) is 5.75 Å². The number of sulfonamides is 1. The fraction of sp³-hybridized carbons (Fsp3) is 0.154. The van der Waals surface area contributed by atoms with Crippen LogP contribution in [0.1, 0.15) is 44.3 Å². The summed E-state index contributed by atoms with van der Waals surface area (Å²) in [5, 5.41) is 10.8. The Morgan fingerprint density at radius 1 is 0.837 bits per heavy atom. The standard InChI is InChI=1S/C39H34ClFN2O5S/c40-31-15-20-36-35(25-31)34(22-24-48-33-18-13-30(14-19-33)39(44)45)37(21-23-42-49(46,47)26-27-11-16-32(41)17-12-27)43(36)38(28-7-3-1-4-8-28)29-9-5-2-6-10-29/h1-20,25,38,42H,21-24,26H2,(H,44,45). The largest absolute Gasteiger partial charge is 0.493 e. The molecule has 0 unspecified atom stereocenters. The van der Waals surface area contributed by atoms with Crippen LogP contribution < -0.4 is 9.46 Å². The van der Waals surface area contributed by atoms with Gasteiger partial charge in [-0.3, -0.25) is 0 Å². The summed E-state index contributed by atoms with van der Waals surface area (Å²) in [6, 6.07) is 37.5. The topological polar surface area (TPSA) is 97.6 Å². The van der Waals surface area contributed by atoms with Gasteiger partial charge in [0.1, 0.15) is 11.6 Å². The lowest BCUT2D eigenvalue weighted by Crippen LogP contribution is -2.28. The molecule has 1 aromatic heterocycles. The van der Waals surface area contributed by atoms with Crippen molar-refractivity contribution < 1.29 is 27.4 Å². The van der Waals surface area contributed by atoms with Crippen molar-refractivity contribution in [1.82, 2.24) is 9.29 Å². The number of carbonyl (C=O) groups is 1. The number of nitrogens with one attached hydrogen (secondary N) is 1. The zero-order chi connectivity index (χ0) is 34.4. The van der Waals surface area contributed by atoms with Gasteiger partial charge in [0.15, 0.2) is 0 Å². The van der Waals surface area contributed by atoms with Gasteiger partial charge in [-0.1, -0.05) is 84.4 Å². The van der Waals surface area contributed by atoms with Crippen molar-refractivity contribution in [2.24, 2.45) is 0 Å². The average molecular weight is 697 g/mol. The molecule has 0 spiro atoms. The van der Waals surface area contributed by atoms with Crippen LogP contribution in [0.4, 0.5) is 4.39 Å². The number of carboxylic acid groups (broad SMARTS) is 1. The number of rotatable bonds is 14. The van der Waals surface area contributed by atoms with E-state index < -0.39 is 21.8 Å². The lowest BCUT2D eigenvalue weighted by atomic mass is 9.97. The van der Waals surface area contributed by atoms with E-state index in [1.54, 1.807) is 12.1 Å². The first-order valence-corrected chi connectivity index (χ1v) is 17.8. The summed E-state index contributed by atoms with van der Waals surface area (Å²) in [7, 11) is -3.74. The normalized spacial score (nSPS) is 11.7. The Balaban J connectivity index is 1.40. The van der Waals surface area contributed by atoms with E-state index in [4.69, 9.17) is 16.3 Å². The predicted octanol–water partition coefficient (Wildman–Crippen LogP) is 8.05. The van der Waals surface area contributed by atoms with Crippen LogP contribution in [0.3, 0.4) is 0 Å². The number of aromatic nitrogens is 1. The quantitative estimate of drug-likeness (QED) is 0.120. The maximum absolute atomic E-state index is 13.4. The number of aromatic carboxylic acids is 1. The third-order valence-electron chi connectivity index (χ3n) is 8.35. The van der Waals surface area contributed by atoms with Crippen molar-refractivity contribution in [3.8, 4) is 5.75 Å². The molecule has 49 heavy (non-hydrogen) atoms. The van der Waals surface area contributed by atoms with Crippen LogP contribution in [0, 0.1) is 5.82 Å². The molecule has 2 N–H and O–H groups in total. The zero-order valence-corrected chi connectivity index (χ0v) is 28.0. The highest BCUT2D eigenvalue weighted by molar-refractivity contribution is 7.88. The van der Waals surface area contributed by atoms with Gasteiger partial charge >= 0.3 is 5.97 Å². The van der Waals surface area contributed by atoms with E-state index >= 15 is 0 Å². The molecule has 7 nitrogen and oxygen atoms in total. The Labute approximate surface area is 289 Å². The molecule has 6 rings (SSSR count). The van der Waals surface area contributed by atoms with E-state index in [2.05, 4.69) is 33.6 Å². The number of halogens is 2. The first-order chi connectivity index (χ1) is 23.7. The van der Waals surface area contributed by atoms with Gasteiger partial charge in [-0.2, -0.15) is 0 Å². The van der Waals surface area contributed by atoms with Gasteiger partial charge in [0.05, 0.1) is 24.0 Å². The van der Waals surface area contributed by atoms with Crippen molar-refractivity contribution in [2.45, 2.75) is 24.6 Å². The SMILES string of the molecule is O=C(O)c1ccc(OCCc2c(CCNS(=O)(=O)Cc3ccc(F)cc3)n(C(c3ccccc3)c3ccccc3)c3ccc(Cl)cc23)cc1. The molecule has 0 saturated heterocycles. The van der Waals surface area contributed by atoms with E-state index in [-0.39, 0.29) is 30.5 Å². The van der Waals surface area contributed by atoms with Crippen molar-refractivity contribution in [1.29, 1.82) is 0 Å². The molecule has 6 aromatic rings. The highest BCUT2D eigenvalue weighted by Gasteiger charge is 2.26. The molecule has 0 aliphatic carbocycles. The molecule has 250 valence electrons. The summed E-state index contributed by atoms with van der Waals surface area (Å²) in [5.74, 6) is -1.18. The van der Waals surface area contributed by atoms with Crippen LogP contribution in [0.15, 0.2) is 127 Å². The Morgan fingerprint density at radius 3 is 2.08 bits per heavy atom. The maximum atomic E-state index is 13.4. The van der Waals surface area contributed by atoms with Gasteiger partial charge < -0.3 is 14.4 Å². The predicted molar refractivity (Wildman–Crippen MR) is 190 cm³/mol. The molecule has 0 radical (unpaired) electrons. The number of hydrogen-bond donors (Lipinski definition) is 2. The average Bonchev–Trinajstić information content (AvgIpc) is 3.38. The molecule has 0 saturated carbocycles. The molecule has 5 aromatic carbocycles. The van der Waals surface area contributed by atoms with Crippen LogP contribution in [0.2, 0.25) is 5.02 Å². The molecule has 0 atom stereocenters. The van der Waals surface area contributed by atoms with E-state index in [1.807, 2.05) is 54.6 Å². The van der Waals surface area contributed by atoms with Gasteiger partial charge in [-0.25, -0.2) is 22.3 Å². The lowest BCUT2D eigenvalue weighted by molar-refractivity contribution is 0.0697. The van der Waals surface area contributed by atoms with Crippen molar-refractivity contribution >= 4 is 38.5 Å². The molecular weight excluding hydrogens is 663 g/mol. The van der Waals surface area contributed by atoms with Gasteiger partial charge in [0.25, 0.3) is 0 Å². The van der Waals surface area contributed by atoms with Crippen molar-refractivity contribution in [3.05, 3.63) is 172 Å². The smallest absolute Gasteiger partial charge is 0.335 e. The van der Waals surface area contributed by atoms with Gasteiger partial charge in [0.2, 0.25) is 10.0 Å². The van der Waals surface area contributed by atoms with Crippen molar-refractivity contribution in [2.75, 3.05) is 13.2 Å². The number of benzene rings is 5. The highest BCUT2D eigenvalue weighted by atomic mass is 35.5. The van der Waals surface area contributed by atoms with E-state index in [0.717, 1.165) is 33.3 Å². The van der Waals surface area contributed by atoms with E-state index in [1.165, 1.54) is 36.4 Å². The molecular formula is C39H34ClFN2O5S. The lowest BCUT2D eigenvalue weighted by Gasteiger charge is -2.25. The van der Waals surface area contributed by atoms with Gasteiger partial charge in [-0.05, 0) is 76.9 Å². The second-order valence-corrected chi connectivity index (χ2v) is 13.9. The minimum atomic E-state index is -3.74. The molecule has 0 aliphatic heterocycles. The van der Waals surface area contributed by atoms with Crippen molar-refractivity contribution in [3.63, 3.8) is 0 Å². The maximum Gasteiger partial charge on any atom is 0.335 e. The molecule has 0 aliphatic rings. The monoisotopic (exact) mass is 696 g/mol. The summed E-state index contributed by atoms with van der Waals surface area (Å²) in [5.41, 5.74) is 5.59. The molecule has 1 heterocycles. The third-order valence-corrected chi connectivity index (χ3v) is 9.94. The molecule has 0 fully saturated rings. The highest BCUT2D eigenvalue weighted by Crippen LogP contribution is 2.37. The number of fused-ring (bicyclic) bond motifs is 1. The minimum absolute atomic E-state index is 0.119. The second kappa shape index (κ2) is 15.1. The Hall–Kier alpha value is -4.96. The van der Waals surface area contributed by atoms with Crippen LogP contribution >= 0.6 is 11.6 Å². The molecule has 0 bridgehead atoms. The summed E-state index contributed by atoms with van der Waals surface area (Å²) in [6.07, 6.45) is 0.826. The second-order valence-electron chi connectivity index (χ2n) is 11.6. The van der Waals surface area contributed by atoms with E-state index in [9.17, 15) is 22.7 Å². The number of carboxylic acids is 1. The zero-order valence-electron chi connectivity index (χ0n) is 26.4. The summed E-state index contributed by atoms with van der Waals surface area (Å²) in [6.45, 7) is 0.400. The summed E-state index contributed by atoms with van der Waals surface area (Å²) < 4.78 is 50.8. The van der Waals surface area contributed by atoms with Crippen LogP contribution in [0.25, 0.3) is 10.9 Å². The third kappa shape index (κ3) is 8.20. The fourth-order valence-electron chi connectivity index (χ4n) is 6.15. The summed E-state index contributed by atoms with van der Waals surface area (Å²) in [4.78, 5) is 11.3. The van der Waals surface area contributed by atoms with Gasteiger partial charge in [-0.15, -0.1) is 0 Å². The molecule has 0 amide bonds. The number of ether oxygens (including phenoxy) is 1. The Kier molecular flexibility index (Phi) is 10.4. The van der Waals surface area contributed by atoms with Crippen LogP contribution in [-0.4, -0.2) is 37.2 Å². The first-order valence-electron chi connectivity index (χ1n) is 15.8. The first kappa shape index (κ1) is 33.9.